The Morgan fingerprint density at radius 3 is 2.76 bits per heavy atom. The summed E-state index contributed by atoms with van der Waals surface area (Å²) in [5, 5.41) is 1.39. The molecule has 0 unspecified atom stereocenters. The van der Waals surface area contributed by atoms with Crippen molar-refractivity contribution >= 4 is 28.4 Å². The van der Waals surface area contributed by atoms with E-state index in [0.717, 1.165) is 27.7 Å². The van der Waals surface area contributed by atoms with Crippen LogP contribution in [0, 0.1) is 6.92 Å². The molecule has 0 aliphatic carbocycles. The molecule has 0 aliphatic rings. The Bertz CT molecular complexity index is 861. The van der Waals surface area contributed by atoms with E-state index < -0.39 is 5.91 Å². The number of amides is 1. The zero-order valence-electron chi connectivity index (χ0n) is 11.3. The van der Waals surface area contributed by atoms with Gasteiger partial charge in [0, 0.05) is 22.8 Å². The van der Waals surface area contributed by atoms with Crippen molar-refractivity contribution in [3.05, 3.63) is 59.0 Å². The summed E-state index contributed by atoms with van der Waals surface area (Å²) in [6, 6.07) is 11.0. The zero-order chi connectivity index (χ0) is 15.0. The van der Waals surface area contributed by atoms with Crippen molar-refractivity contribution in [2.24, 2.45) is 5.73 Å². The Kier molecular flexibility index (Phi) is 3.31. The molecule has 21 heavy (non-hydrogen) atoms. The molecule has 1 aromatic carbocycles. The van der Waals surface area contributed by atoms with Crippen LogP contribution in [0.2, 0.25) is 5.15 Å². The predicted molar refractivity (Wildman–Crippen MR) is 83.2 cm³/mol. The van der Waals surface area contributed by atoms with E-state index in [1.165, 1.54) is 0 Å². The number of nitrogens with zero attached hydrogens (tertiary/aromatic N) is 2. The Morgan fingerprint density at radius 1 is 1.19 bits per heavy atom. The molecule has 4 nitrogen and oxygen atoms in total. The molecule has 2 N–H and O–H groups in total. The Morgan fingerprint density at radius 2 is 2.00 bits per heavy atom. The quantitative estimate of drug-likeness (QED) is 0.737. The summed E-state index contributed by atoms with van der Waals surface area (Å²) >= 11 is 5.89. The number of halogens is 1. The van der Waals surface area contributed by atoms with Gasteiger partial charge in [-0.05, 0) is 42.8 Å². The van der Waals surface area contributed by atoms with Crippen LogP contribution < -0.4 is 5.73 Å². The Hall–Kier alpha value is -2.46. The van der Waals surface area contributed by atoms with Crippen molar-refractivity contribution in [1.82, 2.24) is 9.97 Å². The minimum atomic E-state index is -0.468. The first-order valence-electron chi connectivity index (χ1n) is 6.38. The predicted octanol–water partition coefficient (Wildman–Crippen LogP) is 3.36. The Balaban J connectivity index is 2.26. The van der Waals surface area contributed by atoms with Crippen LogP contribution >= 0.6 is 11.6 Å². The lowest BCUT2D eigenvalue weighted by molar-refractivity contribution is 0.100. The summed E-state index contributed by atoms with van der Waals surface area (Å²) in [5.41, 5.74) is 9.11. The van der Waals surface area contributed by atoms with Crippen LogP contribution in [-0.4, -0.2) is 15.9 Å². The highest BCUT2D eigenvalue weighted by Gasteiger charge is 2.13. The fourth-order valence-electron chi connectivity index (χ4n) is 2.39. The van der Waals surface area contributed by atoms with Crippen LogP contribution in [0.1, 0.15) is 16.1 Å². The van der Waals surface area contributed by atoms with Gasteiger partial charge >= 0.3 is 0 Å². The highest BCUT2D eigenvalue weighted by atomic mass is 35.5. The standard InChI is InChI=1S/C16H12ClN3O/c1-9-15(12(16(18)21)6-7-19-9)11-2-4-13-10(8-11)3-5-14(17)20-13/h2-8H,1H3,(H2,18,21). The number of carbonyl (C=O) groups excluding carboxylic acids is 1. The van der Waals surface area contributed by atoms with Crippen molar-refractivity contribution in [1.29, 1.82) is 0 Å². The number of aromatic nitrogens is 2. The summed E-state index contributed by atoms with van der Waals surface area (Å²) in [5.74, 6) is -0.468. The number of hydrogen-bond donors (Lipinski definition) is 1. The summed E-state index contributed by atoms with van der Waals surface area (Å²) in [4.78, 5) is 20.1. The van der Waals surface area contributed by atoms with Gasteiger partial charge in [0.25, 0.3) is 0 Å². The number of aryl methyl sites for hydroxylation is 1. The minimum absolute atomic E-state index is 0.450. The van der Waals surface area contributed by atoms with Gasteiger partial charge in [-0.2, -0.15) is 0 Å². The molecule has 5 heteroatoms. The van der Waals surface area contributed by atoms with E-state index >= 15 is 0 Å². The van der Waals surface area contributed by atoms with Gasteiger partial charge in [-0.1, -0.05) is 17.7 Å². The molecule has 2 heterocycles. The number of nitrogens with two attached hydrogens (primary N) is 1. The van der Waals surface area contributed by atoms with E-state index in [9.17, 15) is 4.79 Å². The third kappa shape index (κ3) is 2.45. The van der Waals surface area contributed by atoms with E-state index in [4.69, 9.17) is 17.3 Å². The van der Waals surface area contributed by atoms with Crippen molar-refractivity contribution in [2.45, 2.75) is 6.92 Å². The lowest BCUT2D eigenvalue weighted by Gasteiger charge is -2.10. The molecule has 0 spiro atoms. The smallest absolute Gasteiger partial charge is 0.249 e. The molecule has 2 aromatic heterocycles. The number of rotatable bonds is 2. The lowest BCUT2D eigenvalue weighted by atomic mass is 9.97. The second-order valence-corrected chi connectivity index (χ2v) is 5.11. The molecule has 0 saturated heterocycles. The number of primary amides is 1. The number of benzene rings is 1. The van der Waals surface area contributed by atoms with Crippen molar-refractivity contribution < 1.29 is 4.79 Å². The molecule has 104 valence electrons. The topological polar surface area (TPSA) is 68.9 Å². The van der Waals surface area contributed by atoms with Crippen molar-refractivity contribution in [3.63, 3.8) is 0 Å². The summed E-state index contributed by atoms with van der Waals surface area (Å²) in [7, 11) is 0. The Labute approximate surface area is 126 Å². The number of carbonyl (C=O) groups is 1. The second-order valence-electron chi connectivity index (χ2n) is 4.72. The lowest BCUT2D eigenvalue weighted by Crippen LogP contribution is -2.13. The minimum Gasteiger partial charge on any atom is -0.366 e. The fraction of sp³-hybridized carbons (Fsp3) is 0.0625. The van der Waals surface area contributed by atoms with Crippen LogP contribution in [0.3, 0.4) is 0 Å². The first-order valence-corrected chi connectivity index (χ1v) is 6.76. The molecule has 1 amide bonds. The van der Waals surface area contributed by atoms with Gasteiger partial charge in [0.2, 0.25) is 5.91 Å². The molecular formula is C16H12ClN3O. The van der Waals surface area contributed by atoms with Crippen molar-refractivity contribution in [2.75, 3.05) is 0 Å². The van der Waals surface area contributed by atoms with E-state index in [1.54, 1.807) is 18.3 Å². The van der Waals surface area contributed by atoms with Crippen LogP contribution in [0.25, 0.3) is 22.0 Å². The number of fused-ring (bicyclic) bond motifs is 1. The SMILES string of the molecule is Cc1nccc(C(N)=O)c1-c1ccc2nc(Cl)ccc2c1. The number of pyridine rings is 2. The molecule has 0 bridgehead atoms. The molecule has 3 rings (SSSR count). The average molecular weight is 298 g/mol. The van der Waals surface area contributed by atoms with Gasteiger partial charge < -0.3 is 5.73 Å². The van der Waals surface area contributed by atoms with Gasteiger partial charge in [0.05, 0.1) is 11.1 Å². The van der Waals surface area contributed by atoms with Gasteiger partial charge in [0.15, 0.2) is 0 Å². The molecule has 0 fully saturated rings. The van der Waals surface area contributed by atoms with E-state index in [2.05, 4.69) is 9.97 Å². The fourth-order valence-corrected chi connectivity index (χ4v) is 2.55. The first-order chi connectivity index (χ1) is 10.1. The van der Waals surface area contributed by atoms with Crippen LogP contribution in [0.4, 0.5) is 0 Å². The van der Waals surface area contributed by atoms with Crippen LogP contribution in [-0.2, 0) is 0 Å². The third-order valence-electron chi connectivity index (χ3n) is 3.35. The maximum absolute atomic E-state index is 11.6. The molecular weight excluding hydrogens is 286 g/mol. The monoisotopic (exact) mass is 297 g/mol. The van der Waals surface area contributed by atoms with E-state index in [0.29, 0.717) is 10.7 Å². The molecule has 3 aromatic rings. The largest absolute Gasteiger partial charge is 0.366 e. The van der Waals surface area contributed by atoms with Crippen LogP contribution in [0.15, 0.2) is 42.6 Å². The normalized spacial score (nSPS) is 10.8. The second kappa shape index (κ2) is 5.14. The van der Waals surface area contributed by atoms with Gasteiger partial charge in [-0.25, -0.2) is 4.98 Å². The average Bonchev–Trinajstić information content (AvgIpc) is 2.46. The highest BCUT2D eigenvalue weighted by molar-refractivity contribution is 6.29. The maximum Gasteiger partial charge on any atom is 0.249 e. The van der Waals surface area contributed by atoms with Crippen molar-refractivity contribution in [3.8, 4) is 11.1 Å². The number of hydrogen-bond acceptors (Lipinski definition) is 3. The molecule has 0 saturated carbocycles. The first kappa shape index (κ1) is 13.5. The molecule has 0 atom stereocenters. The van der Waals surface area contributed by atoms with Gasteiger partial charge in [0.1, 0.15) is 5.15 Å². The van der Waals surface area contributed by atoms with Gasteiger partial charge in [-0.3, -0.25) is 9.78 Å². The zero-order valence-corrected chi connectivity index (χ0v) is 12.1. The third-order valence-corrected chi connectivity index (χ3v) is 3.56. The molecule has 0 aliphatic heterocycles. The van der Waals surface area contributed by atoms with E-state index in [1.807, 2.05) is 31.2 Å². The highest BCUT2D eigenvalue weighted by Crippen LogP contribution is 2.29. The molecule has 0 radical (unpaired) electrons. The van der Waals surface area contributed by atoms with Gasteiger partial charge in [-0.15, -0.1) is 0 Å². The maximum atomic E-state index is 11.6. The van der Waals surface area contributed by atoms with Crippen LogP contribution in [0.5, 0.6) is 0 Å². The summed E-state index contributed by atoms with van der Waals surface area (Å²) in [6.45, 7) is 1.85. The summed E-state index contributed by atoms with van der Waals surface area (Å²) < 4.78 is 0. The summed E-state index contributed by atoms with van der Waals surface area (Å²) in [6.07, 6.45) is 1.58. The van der Waals surface area contributed by atoms with E-state index in [-0.39, 0.29) is 0 Å².